The minimum Gasteiger partial charge on any atom is -0.870 e. The summed E-state index contributed by atoms with van der Waals surface area (Å²) in [5.41, 5.74) is 1.20. The lowest BCUT2D eigenvalue weighted by atomic mass is 10.1. The van der Waals surface area contributed by atoms with Crippen molar-refractivity contribution in [3.63, 3.8) is 0 Å². The second-order valence-electron chi connectivity index (χ2n) is 9.11. The van der Waals surface area contributed by atoms with Crippen LogP contribution in [0.2, 0.25) is 0 Å². The maximum absolute atomic E-state index is 12.2. The molecule has 1 aromatic carbocycles. The lowest BCUT2D eigenvalue weighted by Gasteiger charge is -2.29. The maximum Gasteiger partial charge on any atom is 0.472 e. The van der Waals surface area contributed by atoms with Gasteiger partial charge < -0.3 is 24.7 Å². The van der Waals surface area contributed by atoms with Crippen molar-refractivity contribution in [1.29, 1.82) is 0 Å². The average Bonchev–Trinajstić information content (AvgIpc) is 2.66. The molecule has 0 aliphatic heterocycles. The van der Waals surface area contributed by atoms with Crippen LogP contribution in [-0.2, 0) is 24.8 Å². The van der Waals surface area contributed by atoms with Crippen LogP contribution in [0.1, 0.15) is 57.4 Å². The molecule has 0 heterocycles. The average molecular weight is 492 g/mol. The van der Waals surface area contributed by atoms with Gasteiger partial charge in [-0.15, -0.1) is 0 Å². The number of carboxylic acids is 1. The molecule has 1 unspecified atom stereocenters. The number of rotatable bonds is 18. The first-order chi connectivity index (χ1) is 15.0. The summed E-state index contributed by atoms with van der Waals surface area (Å²) in [6.45, 7) is 3.26. The molecule has 0 aromatic heterocycles. The van der Waals surface area contributed by atoms with Crippen molar-refractivity contribution in [2.75, 3.05) is 40.9 Å². The van der Waals surface area contributed by atoms with Crippen molar-refractivity contribution in [2.24, 2.45) is 0 Å². The molecular weight excluding hydrogens is 449 g/mol. The van der Waals surface area contributed by atoms with Crippen molar-refractivity contribution >= 4 is 13.8 Å². The Morgan fingerprint density at radius 1 is 1.09 bits per heavy atom. The van der Waals surface area contributed by atoms with E-state index in [-0.39, 0.29) is 25.0 Å². The fraction of sp³-hybridized carbons (Fsp3) is 0.696. The van der Waals surface area contributed by atoms with Crippen LogP contribution >= 0.6 is 7.82 Å². The zero-order chi connectivity index (χ0) is 24.0. The van der Waals surface area contributed by atoms with E-state index < -0.39 is 19.9 Å². The number of benzene rings is 1. The lowest BCUT2D eigenvalue weighted by molar-refractivity contribution is -0.873. The number of hydrogen-bond donors (Lipinski definition) is 2. The van der Waals surface area contributed by atoms with E-state index in [0.717, 1.165) is 38.0 Å². The van der Waals surface area contributed by atoms with Gasteiger partial charge in [-0.3, -0.25) is 13.8 Å². The van der Waals surface area contributed by atoms with Gasteiger partial charge in [-0.1, -0.05) is 38.3 Å². The summed E-state index contributed by atoms with van der Waals surface area (Å²) in [6, 6.07) is 8.10. The standard InChI is InChI=1S/C23H40NO7P.H2O/c1-5-6-9-15-29-21-14-11-13-20(17-21)12-8-7-10-16-30-32(27,28)31-22(18-23(25)26)19-24(2,3)4;/h11,13-14,17,22H,5-10,12,15-16,18-19H2,1-4H3,(H-,25,26,27,28);1H2/t22-;/m1./s1. The molecule has 9 nitrogen and oxygen atoms in total. The molecule has 1 aromatic rings. The fourth-order valence-corrected chi connectivity index (χ4v) is 4.22. The molecule has 0 aliphatic carbocycles. The zero-order valence-electron chi connectivity index (χ0n) is 20.4. The highest BCUT2D eigenvalue weighted by Crippen LogP contribution is 2.45. The molecule has 3 N–H and O–H groups in total. The first-order valence-corrected chi connectivity index (χ1v) is 12.9. The van der Waals surface area contributed by atoms with E-state index in [1.54, 1.807) is 0 Å². The molecule has 0 saturated heterocycles. The SMILES string of the molecule is CCCCCOc1cccc(CCCCCOP(=O)(O)O[C@H](CC(=O)O)C[N+](C)(C)C)c1.[OH-]. The summed E-state index contributed by atoms with van der Waals surface area (Å²) in [5, 5.41) is 9.02. The van der Waals surface area contributed by atoms with Gasteiger partial charge in [0.1, 0.15) is 18.4 Å². The Balaban J connectivity index is 0.0000102. The first kappa shape index (κ1) is 31.5. The number of nitrogens with zero attached hydrogens (tertiary/aromatic N) is 1. The molecule has 10 heteroatoms. The summed E-state index contributed by atoms with van der Waals surface area (Å²) >= 11 is 0. The number of likely N-dealkylation sites (N-methyl/N-ethyl adjacent to an activating group) is 1. The van der Waals surface area contributed by atoms with E-state index in [4.69, 9.17) is 18.9 Å². The third kappa shape index (κ3) is 16.7. The number of aliphatic carboxylic acids is 1. The first-order valence-electron chi connectivity index (χ1n) is 11.4. The number of phosphoric acid groups is 1. The minimum atomic E-state index is -4.31. The molecule has 192 valence electrons. The molecule has 0 bridgehead atoms. The number of carbonyl (C=O) groups is 1. The summed E-state index contributed by atoms with van der Waals surface area (Å²) in [5.74, 6) is -0.191. The van der Waals surface area contributed by atoms with Crippen molar-refractivity contribution < 1.29 is 43.1 Å². The van der Waals surface area contributed by atoms with Crippen molar-refractivity contribution in [3.8, 4) is 5.75 Å². The number of hydrogen-bond acceptors (Lipinski definition) is 6. The number of unbranched alkanes of at least 4 members (excludes halogenated alkanes) is 4. The van der Waals surface area contributed by atoms with Gasteiger partial charge in [0.25, 0.3) is 0 Å². The number of quaternary nitrogens is 1. The van der Waals surface area contributed by atoms with Crippen molar-refractivity contribution in [3.05, 3.63) is 29.8 Å². The zero-order valence-corrected chi connectivity index (χ0v) is 21.3. The van der Waals surface area contributed by atoms with Gasteiger partial charge in [-0.2, -0.15) is 0 Å². The molecule has 33 heavy (non-hydrogen) atoms. The molecule has 1 rings (SSSR count). The third-order valence-electron chi connectivity index (χ3n) is 4.72. The molecular formula is C23H42NO8P. The highest BCUT2D eigenvalue weighted by atomic mass is 31.2. The lowest BCUT2D eigenvalue weighted by Crippen LogP contribution is -2.42. The summed E-state index contributed by atoms with van der Waals surface area (Å²) in [6.07, 6.45) is 5.40. The van der Waals surface area contributed by atoms with Gasteiger partial charge in [0.05, 0.1) is 40.8 Å². The normalized spacial score (nSPS) is 14.2. The van der Waals surface area contributed by atoms with Gasteiger partial charge in [-0.05, 0) is 43.4 Å². The molecule has 0 spiro atoms. The second-order valence-corrected chi connectivity index (χ2v) is 10.5. The van der Waals surface area contributed by atoms with Crippen LogP contribution in [-0.4, -0.2) is 72.9 Å². The van der Waals surface area contributed by atoms with E-state index >= 15 is 0 Å². The van der Waals surface area contributed by atoms with Gasteiger partial charge in [0, 0.05) is 0 Å². The van der Waals surface area contributed by atoms with E-state index in [0.29, 0.717) is 10.9 Å². The molecule has 0 radical (unpaired) electrons. The van der Waals surface area contributed by atoms with E-state index in [1.807, 2.05) is 33.3 Å². The van der Waals surface area contributed by atoms with E-state index in [2.05, 4.69) is 19.1 Å². The Kier molecular flexibility index (Phi) is 15.5. The third-order valence-corrected chi connectivity index (χ3v) is 5.79. The van der Waals surface area contributed by atoms with Gasteiger partial charge in [-0.25, -0.2) is 4.57 Å². The largest absolute Gasteiger partial charge is 0.870 e. The van der Waals surface area contributed by atoms with Gasteiger partial charge in [0.2, 0.25) is 0 Å². The Morgan fingerprint density at radius 3 is 2.42 bits per heavy atom. The maximum atomic E-state index is 12.2. The predicted octanol–water partition coefficient (Wildman–Crippen LogP) is 4.47. The van der Waals surface area contributed by atoms with E-state index in [9.17, 15) is 14.3 Å². The van der Waals surface area contributed by atoms with Crippen LogP contribution in [0.25, 0.3) is 0 Å². The van der Waals surface area contributed by atoms with Crippen LogP contribution in [0.4, 0.5) is 0 Å². The van der Waals surface area contributed by atoms with Crippen LogP contribution < -0.4 is 4.74 Å². The summed E-state index contributed by atoms with van der Waals surface area (Å²) in [7, 11) is 1.26. The van der Waals surface area contributed by atoms with Crippen LogP contribution in [0.3, 0.4) is 0 Å². The Hall–Kier alpha value is -1.48. The molecule has 2 atom stereocenters. The van der Waals surface area contributed by atoms with E-state index in [1.165, 1.54) is 18.4 Å². The van der Waals surface area contributed by atoms with Crippen LogP contribution in [0.15, 0.2) is 24.3 Å². The number of aryl methyl sites for hydroxylation is 1. The predicted molar refractivity (Wildman–Crippen MR) is 127 cm³/mol. The Labute approximate surface area is 198 Å². The second kappa shape index (κ2) is 16.2. The van der Waals surface area contributed by atoms with Crippen LogP contribution in [0, 0.1) is 0 Å². The molecule has 0 saturated carbocycles. The van der Waals surface area contributed by atoms with Crippen molar-refractivity contribution in [2.45, 2.75) is 64.4 Å². The van der Waals surface area contributed by atoms with Crippen LogP contribution in [0.5, 0.6) is 5.75 Å². The molecule has 0 fully saturated rings. The topological polar surface area (TPSA) is 132 Å². The fourth-order valence-electron chi connectivity index (χ4n) is 3.28. The minimum absolute atomic E-state index is 0. The number of ether oxygens (including phenoxy) is 1. The quantitative estimate of drug-likeness (QED) is 0.175. The highest BCUT2D eigenvalue weighted by molar-refractivity contribution is 7.47. The number of phosphoric ester groups is 1. The summed E-state index contributed by atoms with van der Waals surface area (Å²) < 4.78 is 28.6. The van der Waals surface area contributed by atoms with Gasteiger partial charge >= 0.3 is 13.8 Å². The summed E-state index contributed by atoms with van der Waals surface area (Å²) in [4.78, 5) is 21.0. The van der Waals surface area contributed by atoms with Gasteiger partial charge in [0.15, 0.2) is 0 Å². The number of carboxylic acid groups (broad SMARTS) is 1. The molecule has 0 amide bonds. The smallest absolute Gasteiger partial charge is 0.472 e. The molecule has 0 aliphatic rings. The monoisotopic (exact) mass is 491 g/mol. The Bertz CT molecular complexity index is 723. The van der Waals surface area contributed by atoms with Crippen molar-refractivity contribution in [1.82, 2.24) is 0 Å². The Morgan fingerprint density at radius 2 is 1.79 bits per heavy atom. The highest BCUT2D eigenvalue weighted by Gasteiger charge is 2.31.